The van der Waals surface area contributed by atoms with Crippen LogP contribution in [0.5, 0.6) is 0 Å². The normalized spacial score (nSPS) is 28.1. The van der Waals surface area contributed by atoms with Crippen LogP contribution in [0.15, 0.2) is 12.7 Å². The van der Waals surface area contributed by atoms with Gasteiger partial charge in [-0.05, 0) is 20.3 Å². The van der Waals surface area contributed by atoms with Crippen LogP contribution in [0.25, 0.3) is 0 Å². The fourth-order valence-electron chi connectivity index (χ4n) is 1.80. The van der Waals surface area contributed by atoms with E-state index in [4.69, 9.17) is 14.6 Å². The molecule has 0 saturated carbocycles. The van der Waals surface area contributed by atoms with Gasteiger partial charge in [-0.1, -0.05) is 6.08 Å². The van der Waals surface area contributed by atoms with E-state index in [-0.39, 0.29) is 6.10 Å². The zero-order valence-electron chi connectivity index (χ0n) is 9.55. The molecule has 1 aliphatic heterocycles. The monoisotopic (exact) mass is 230 g/mol. The highest BCUT2D eigenvalue weighted by Gasteiger charge is 2.38. The molecule has 1 saturated heterocycles. The molecule has 0 radical (unpaired) electrons. The van der Waals surface area contributed by atoms with Crippen LogP contribution in [0.1, 0.15) is 20.3 Å². The Labute approximate surface area is 94.7 Å². The third kappa shape index (κ3) is 3.04. The smallest absolute Gasteiger partial charge is 0.333 e. The van der Waals surface area contributed by atoms with Crippen molar-refractivity contribution in [2.75, 3.05) is 6.61 Å². The summed E-state index contributed by atoms with van der Waals surface area (Å²) in [6.45, 7) is 7.54. The predicted molar refractivity (Wildman–Crippen MR) is 56.9 cm³/mol. The van der Waals surface area contributed by atoms with Crippen LogP contribution in [0, 0.1) is 5.92 Å². The molecule has 5 nitrogen and oxygen atoms in total. The molecule has 0 amide bonds. The highest BCUT2D eigenvalue weighted by molar-refractivity contribution is 5.72. The van der Waals surface area contributed by atoms with E-state index in [0.29, 0.717) is 13.0 Å². The summed E-state index contributed by atoms with van der Waals surface area (Å²) in [5, 5.41) is 18.3. The van der Waals surface area contributed by atoms with Gasteiger partial charge in [0.25, 0.3) is 0 Å². The summed E-state index contributed by atoms with van der Waals surface area (Å²) in [5.74, 6) is -2.64. The number of carboxylic acids is 1. The predicted octanol–water partition coefficient (Wildman–Crippen LogP) is 0.776. The van der Waals surface area contributed by atoms with E-state index in [1.54, 1.807) is 13.8 Å². The number of aliphatic carboxylic acids is 1. The van der Waals surface area contributed by atoms with Gasteiger partial charge in [0.2, 0.25) is 0 Å². The fraction of sp³-hybridized carbons (Fsp3) is 0.727. The Bertz CT molecular complexity index is 274. The maximum absolute atomic E-state index is 10.7. The third-order valence-corrected chi connectivity index (χ3v) is 2.61. The van der Waals surface area contributed by atoms with Crippen LogP contribution >= 0.6 is 0 Å². The molecule has 1 heterocycles. The number of aliphatic hydroxyl groups is 1. The topological polar surface area (TPSA) is 76.0 Å². The Kier molecular flexibility index (Phi) is 4.07. The van der Waals surface area contributed by atoms with Gasteiger partial charge in [0.1, 0.15) is 0 Å². The molecule has 0 aliphatic carbocycles. The summed E-state index contributed by atoms with van der Waals surface area (Å²) in [4.78, 5) is 10.7. The Morgan fingerprint density at radius 3 is 2.69 bits per heavy atom. The summed E-state index contributed by atoms with van der Waals surface area (Å²) in [6.07, 6.45) is 0.0960. The number of carboxylic acid groups (broad SMARTS) is 1. The van der Waals surface area contributed by atoms with Gasteiger partial charge in [-0.25, -0.2) is 4.79 Å². The molecule has 3 atom stereocenters. The number of aliphatic hydroxyl groups excluding tert-OH is 1. The quantitative estimate of drug-likeness (QED) is 0.698. The lowest BCUT2D eigenvalue weighted by molar-refractivity contribution is -0.283. The van der Waals surface area contributed by atoms with Gasteiger partial charge >= 0.3 is 5.97 Å². The number of hydrogen-bond acceptors (Lipinski definition) is 4. The number of hydrogen-bond donors (Lipinski definition) is 2. The Hall–Kier alpha value is -0.910. The standard InChI is InChI=1S/C11H18O5/c1-4-7(9(12)10(13)14)8-5-6-15-11(2,3)16-8/h4,7-9,12H,1,5-6H2,2-3H3,(H,13,14)/t7?,8-,9?/m0/s1. The van der Waals surface area contributed by atoms with Crippen LogP contribution in [-0.4, -0.2) is 40.8 Å². The zero-order chi connectivity index (χ0) is 12.3. The number of ether oxygens (including phenoxy) is 2. The average molecular weight is 230 g/mol. The van der Waals surface area contributed by atoms with E-state index in [2.05, 4.69) is 6.58 Å². The molecular formula is C11H18O5. The van der Waals surface area contributed by atoms with Crippen LogP contribution < -0.4 is 0 Å². The minimum Gasteiger partial charge on any atom is -0.479 e. The largest absolute Gasteiger partial charge is 0.479 e. The summed E-state index contributed by atoms with van der Waals surface area (Å²) in [7, 11) is 0. The lowest BCUT2D eigenvalue weighted by atomic mass is 9.93. The maximum atomic E-state index is 10.7. The van der Waals surface area contributed by atoms with E-state index in [9.17, 15) is 9.90 Å². The van der Waals surface area contributed by atoms with Crippen molar-refractivity contribution >= 4 is 5.97 Å². The van der Waals surface area contributed by atoms with E-state index < -0.39 is 23.8 Å². The molecule has 1 rings (SSSR count). The van der Waals surface area contributed by atoms with E-state index >= 15 is 0 Å². The van der Waals surface area contributed by atoms with Crippen molar-refractivity contribution in [3.05, 3.63) is 12.7 Å². The Balaban J connectivity index is 2.73. The molecule has 0 aromatic rings. The number of carbonyl (C=O) groups is 1. The highest BCUT2D eigenvalue weighted by atomic mass is 16.7. The summed E-state index contributed by atoms with van der Waals surface area (Å²) in [6, 6.07) is 0. The Morgan fingerprint density at radius 1 is 1.62 bits per heavy atom. The van der Waals surface area contributed by atoms with Crippen molar-refractivity contribution in [1.82, 2.24) is 0 Å². The number of rotatable bonds is 4. The SMILES string of the molecule is C=CC(C(O)C(=O)O)[C@@H]1CCOC(C)(C)O1. The van der Waals surface area contributed by atoms with E-state index in [0.717, 1.165) is 0 Å². The average Bonchev–Trinajstić information content (AvgIpc) is 2.17. The van der Waals surface area contributed by atoms with Gasteiger partial charge in [-0.3, -0.25) is 0 Å². The van der Waals surface area contributed by atoms with Crippen molar-refractivity contribution < 1.29 is 24.5 Å². The molecular weight excluding hydrogens is 212 g/mol. The molecule has 5 heteroatoms. The minimum atomic E-state index is -1.49. The minimum absolute atomic E-state index is 0.382. The van der Waals surface area contributed by atoms with Gasteiger partial charge in [-0.15, -0.1) is 6.58 Å². The van der Waals surface area contributed by atoms with Crippen molar-refractivity contribution in [1.29, 1.82) is 0 Å². The second-order valence-corrected chi connectivity index (χ2v) is 4.29. The first-order valence-electron chi connectivity index (χ1n) is 5.22. The molecule has 0 bridgehead atoms. The first-order chi connectivity index (χ1) is 7.37. The van der Waals surface area contributed by atoms with Gasteiger partial charge in [0.05, 0.1) is 12.7 Å². The molecule has 92 valence electrons. The second kappa shape index (κ2) is 4.95. The molecule has 16 heavy (non-hydrogen) atoms. The highest BCUT2D eigenvalue weighted by Crippen LogP contribution is 2.28. The Morgan fingerprint density at radius 2 is 2.25 bits per heavy atom. The lowest BCUT2D eigenvalue weighted by Gasteiger charge is -2.39. The first kappa shape index (κ1) is 13.2. The maximum Gasteiger partial charge on any atom is 0.333 e. The van der Waals surface area contributed by atoms with Crippen molar-refractivity contribution in [3.8, 4) is 0 Å². The van der Waals surface area contributed by atoms with Crippen LogP contribution in [0.4, 0.5) is 0 Å². The molecule has 0 spiro atoms. The molecule has 0 aromatic heterocycles. The van der Waals surface area contributed by atoms with Crippen LogP contribution in [0.2, 0.25) is 0 Å². The van der Waals surface area contributed by atoms with Gasteiger partial charge in [0, 0.05) is 5.92 Å². The van der Waals surface area contributed by atoms with Gasteiger partial charge in [-0.2, -0.15) is 0 Å². The first-order valence-corrected chi connectivity index (χ1v) is 5.22. The van der Waals surface area contributed by atoms with Crippen LogP contribution in [-0.2, 0) is 14.3 Å². The van der Waals surface area contributed by atoms with E-state index in [1.165, 1.54) is 6.08 Å². The van der Waals surface area contributed by atoms with Crippen molar-refractivity contribution in [3.63, 3.8) is 0 Å². The summed E-state index contributed by atoms with van der Waals surface area (Å²) >= 11 is 0. The molecule has 2 unspecified atom stereocenters. The van der Waals surface area contributed by atoms with E-state index in [1.807, 2.05) is 0 Å². The lowest BCUT2D eigenvalue weighted by Crippen LogP contribution is -2.46. The molecule has 0 aromatic carbocycles. The molecule has 1 aliphatic rings. The van der Waals surface area contributed by atoms with Crippen LogP contribution in [0.3, 0.4) is 0 Å². The molecule has 2 N–H and O–H groups in total. The molecule has 1 fully saturated rings. The second-order valence-electron chi connectivity index (χ2n) is 4.29. The van der Waals surface area contributed by atoms with Gasteiger partial charge < -0.3 is 19.7 Å². The van der Waals surface area contributed by atoms with Crippen molar-refractivity contribution in [2.45, 2.75) is 38.3 Å². The van der Waals surface area contributed by atoms with Crippen molar-refractivity contribution in [2.24, 2.45) is 5.92 Å². The zero-order valence-corrected chi connectivity index (χ0v) is 9.55. The van der Waals surface area contributed by atoms with Gasteiger partial charge in [0.15, 0.2) is 11.9 Å². The summed E-state index contributed by atoms with van der Waals surface area (Å²) in [5.41, 5.74) is 0. The third-order valence-electron chi connectivity index (χ3n) is 2.61. The summed E-state index contributed by atoms with van der Waals surface area (Å²) < 4.78 is 10.9. The fourth-order valence-corrected chi connectivity index (χ4v) is 1.80.